The van der Waals surface area contributed by atoms with Crippen LogP contribution in [0.1, 0.15) is 0 Å². The number of sulfone groups is 1. The van der Waals surface area contributed by atoms with Gasteiger partial charge in [0.15, 0.2) is 0 Å². The predicted octanol–water partition coefficient (Wildman–Crippen LogP) is 5.95. The summed E-state index contributed by atoms with van der Waals surface area (Å²) in [5.74, 6) is -1.95. The monoisotopic (exact) mass is 496 g/mol. The molecule has 0 saturated carbocycles. The number of halogens is 2. The second kappa shape index (κ2) is 9.03. The third kappa shape index (κ3) is 4.62. The van der Waals surface area contributed by atoms with Gasteiger partial charge >= 0.3 is 11.4 Å². The molecule has 0 saturated heterocycles. The molecule has 4 aromatic carbocycles. The topological polar surface area (TPSA) is 120 Å². The Kier molecular flexibility index (Phi) is 6.10. The molecule has 4 aromatic rings. The summed E-state index contributed by atoms with van der Waals surface area (Å²) in [6, 6.07) is 17.9. The van der Waals surface area contributed by atoms with E-state index in [4.69, 9.17) is 0 Å². The minimum Gasteiger partial charge on any atom is -0.258 e. The quantitative estimate of drug-likeness (QED) is 0.240. The number of nitrogens with zero attached hydrogens (tertiary/aromatic N) is 2. The minimum atomic E-state index is -3.93. The lowest BCUT2D eigenvalue weighted by molar-refractivity contribution is -0.387. The lowest BCUT2D eigenvalue weighted by Gasteiger charge is -2.08. The van der Waals surface area contributed by atoms with Crippen molar-refractivity contribution in [2.45, 2.75) is 9.79 Å². The van der Waals surface area contributed by atoms with Gasteiger partial charge in [-0.25, -0.2) is 8.42 Å². The second-order valence-corrected chi connectivity index (χ2v) is 9.35. The van der Waals surface area contributed by atoms with Crippen molar-refractivity contribution in [3.05, 3.63) is 117 Å². The molecule has 0 amide bonds. The van der Waals surface area contributed by atoms with Gasteiger partial charge in [0.1, 0.15) is 0 Å². The lowest BCUT2D eigenvalue weighted by atomic mass is 10.1. The summed E-state index contributed by atoms with van der Waals surface area (Å²) in [4.78, 5) is 20.2. The van der Waals surface area contributed by atoms with Crippen LogP contribution in [0.3, 0.4) is 0 Å². The van der Waals surface area contributed by atoms with Crippen LogP contribution >= 0.6 is 0 Å². The van der Waals surface area contributed by atoms with E-state index < -0.39 is 42.7 Å². The highest BCUT2D eigenvalue weighted by Gasteiger charge is 2.20. The zero-order valence-electron chi connectivity index (χ0n) is 17.6. The van der Waals surface area contributed by atoms with Gasteiger partial charge in [-0.15, -0.1) is 0 Å². The molecule has 35 heavy (non-hydrogen) atoms. The van der Waals surface area contributed by atoms with Crippen LogP contribution in [0.15, 0.2) is 94.7 Å². The van der Waals surface area contributed by atoms with Gasteiger partial charge in [-0.3, -0.25) is 20.2 Å². The maximum atomic E-state index is 13.6. The molecule has 0 atom stereocenters. The van der Waals surface area contributed by atoms with Gasteiger partial charge in [-0.05, 0) is 58.7 Å². The molecule has 176 valence electrons. The van der Waals surface area contributed by atoms with Crippen molar-refractivity contribution < 1.29 is 27.0 Å². The minimum absolute atomic E-state index is 0.0389. The van der Waals surface area contributed by atoms with E-state index in [-0.39, 0.29) is 9.79 Å². The van der Waals surface area contributed by atoms with Crippen LogP contribution in [0, 0.1) is 31.9 Å². The second-order valence-electron chi connectivity index (χ2n) is 7.40. The van der Waals surface area contributed by atoms with Gasteiger partial charge in [0.25, 0.3) is 0 Å². The maximum Gasteiger partial charge on any atom is 0.305 e. The van der Waals surface area contributed by atoms with Crippen molar-refractivity contribution in [2.75, 3.05) is 0 Å². The third-order valence-corrected chi connectivity index (χ3v) is 7.07. The van der Waals surface area contributed by atoms with Gasteiger partial charge in [0.2, 0.25) is 21.5 Å². The van der Waals surface area contributed by atoms with Crippen LogP contribution < -0.4 is 0 Å². The first-order valence-corrected chi connectivity index (χ1v) is 11.4. The largest absolute Gasteiger partial charge is 0.305 e. The summed E-state index contributed by atoms with van der Waals surface area (Å²) < 4.78 is 53.2. The summed E-state index contributed by atoms with van der Waals surface area (Å²) in [5.41, 5.74) is 0.233. The van der Waals surface area contributed by atoms with E-state index in [1.54, 1.807) is 0 Å². The average molecular weight is 496 g/mol. The Hall–Kier alpha value is -4.51. The van der Waals surface area contributed by atoms with E-state index in [0.29, 0.717) is 22.3 Å². The molecule has 0 aliphatic rings. The first kappa shape index (κ1) is 23.6. The number of rotatable bonds is 6. The average Bonchev–Trinajstić information content (AvgIpc) is 2.84. The van der Waals surface area contributed by atoms with E-state index in [2.05, 4.69) is 0 Å². The number of hydrogen-bond acceptors (Lipinski definition) is 6. The molecule has 0 spiro atoms. The van der Waals surface area contributed by atoms with Crippen molar-refractivity contribution >= 4 is 21.2 Å². The maximum absolute atomic E-state index is 13.6. The van der Waals surface area contributed by atoms with Crippen molar-refractivity contribution in [2.24, 2.45) is 0 Å². The summed E-state index contributed by atoms with van der Waals surface area (Å²) in [5, 5.41) is 21.9. The highest BCUT2D eigenvalue weighted by atomic mass is 32.2. The molecule has 0 aromatic heterocycles. The highest BCUT2D eigenvalue weighted by molar-refractivity contribution is 7.91. The Labute approximate surface area is 197 Å². The van der Waals surface area contributed by atoms with Gasteiger partial charge in [-0.2, -0.15) is 8.78 Å². The van der Waals surface area contributed by atoms with Gasteiger partial charge in [0, 0.05) is 12.1 Å². The highest BCUT2D eigenvalue weighted by Crippen LogP contribution is 2.31. The van der Waals surface area contributed by atoms with Crippen LogP contribution in [0.4, 0.5) is 20.2 Å². The molecule has 11 heteroatoms. The van der Waals surface area contributed by atoms with Gasteiger partial charge in [0.05, 0.1) is 19.6 Å². The summed E-state index contributed by atoms with van der Waals surface area (Å²) in [6.07, 6.45) is 0. The van der Waals surface area contributed by atoms with E-state index in [1.807, 2.05) is 0 Å². The molecule has 4 rings (SSSR count). The number of hydrogen-bond donors (Lipinski definition) is 0. The molecule has 0 bridgehead atoms. The van der Waals surface area contributed by atoms with E-state index in [9.17, 15) is 37.4 Å². The molecule has 0 aliphatic carbocycles. The predicted molar refractivity (Wildman–Crippen MR) is 122 cm³/mol. The van der Waals surface area contributed by atoms with Crippen LogP contribution in [-0.2, 0) is 9.84 Å². The van der Waals surface area contributed by atoms with Crippen molar-refractivity contribution in [3.8, 4) is 22.3 Å². The molecule has 0 aliphatic heterocycles. The fraction of sp³-hybridized carbons (Fsp3) is 0. The molecule has 0 heterocycles. The van der Waals surface area contributed by atoms with Crippen molar-refractivity contribution in [1.29, 1.82) is 0 Å². The fourth-order valence-electron chi connectivity index (χ4n) is 3.45. The Balaban J connectivity index is 1.62. The number of benzene rings is 4. The summed E-state index contributed by atoms with van der Waals surface area (Å²) in [7, 11) is -3.93. The normalized spacial score (nSPS) is 11.3. The molecule has 0 N–H and O–H groups in total. The first-order chi connectivity index (χ1) is 16.6. The molecule has 8 nitrogen and oxygen atoms in total. The zero-order chi connectivity index (χ0) is 25.3. The SMILES string of the molecule is O=[N+]([O-])c1cc(-c2ccc(S(=O)(=O)c3ccc(-c4ccc(F)c([N+](=O)[O-])c4)cc3)cc2)ccc1F. The van der Waals surface area contributed by atoms with E-state index in [1.165, 1.54) is 60.7 Å². The molecular weight excluding hydrogens is 482 g/mol. The summed E-state index contributed by atoms with van der Waals surface area (Å²) in [6.45, 7) is 0. The Morgan fingerprint density at radius 3 is 1.17 bits per heavy atom. The lowest BCUT2D eigenvalue weighted by Crippen LogP contribution is -2.02. The Morgan fingerprint density at radius 1 is 0.543 bits per heavy atom. The Bertz CT molecular complexity index is 1460. The fourth-order valence-corrected chi connectivity index (χ4v) is 4.71. The number of nitro groups is 2. The van der Waals surface area contributed by atoms with Crippen LogP contribution in [0.2, 0.25) is 0 Å². The molecule has 0 unspecified atom stereocenters. The van der Waals surface area contributed by atoms with Crippen LogP contribution in [0.5, 0.6) is 0 Å². The number of nitro benzene ring substituents is 2. The standard InChI is InChI=1S/C24H14F2N2O6S/c25-21-11-5-17(13-23(21)27(29)30)15-1-7-19(8-2-15)35(33,34)20-9-3-16(4-10-20)18-6-12-22(26)24(14-18)28(31)32/h1-14H. The first-order valence-electron chi connectivity index (χ1n) is 9.92. The van der Waals surface area contributed by atoms with E-state index >= 15 is 0 Å². The smallest absolute Gasteiger partial charge is 0.258 e. The molecule has 0 fully saturated rings. The summed E-state index contributed by atoms with van der Waals surface area (Å²) >= 11 is 0. The van der Waals surface area contributed by atoms with Crippen molar-refractivity contribution in [1.82, 2.24) is 0 Å². The molecular formula is C24H14F2N2O6S. The van der Waals surface area contributed by atoms with Crippen molar-refractivity contribution in [3.63, 3.8) is 0 Å². The van der Waals surface area contributed by atoms with Crippen LogP contribution in [-0.4, -0.2) is 18.3 Å². The molecule has 0 radical (unpaired) electrons. The van der Waals surface area contributed by atoms with Gasteiger partial charge in [-0.1, -0.05) is 36.4 Å². The third-order valence-electron chi connectivity index (χ3n) is 5.28. The zero-order valence-corrected chi connectivity index (χ0v) is 18.4. The van der Waals surface area contributed by atoms with Gasteiger partial charge < -0.3 is 0 Å². The Morgan fingerprint density at radius 2 is 0.857 bits per heavy atom. The van der Waals surface area contributed by atoms with E-state index in [0.717, 1.165) is 24.3 Å². The van der Waals surface area contributed by atoms with Crippen LogP contribution in [0.25, 0.3) is 22.3 Å².